The zero-order valence-electron chi connectivity index (χ0n) is 38.0. The van der Waals surface area contributed by atoms with Crippen molar-refractivity contribution in [1.82, 2.24) is 4.90 Å². The summed E-state index contributed by atoms with van der Waals surface area (Å²) < 4.78 is 17.3. The predicted octanol–water partition coefficient (Wildman–Crippen LogP) is 12.8. The summed E-state index contributed by atoms with van der Waals surface area (Å²) in [5.41, 5.74) is 16.1. The molecule has 2 aromatic carbocycles. The van der Waals surface area contributed by atoms with Gasteiger partial charge in [0, 0.05) is 18.2 Å². The number of nitrogens with two attached hydrogens (primary N) is 2. The van der Waals surface area contributed by atoms with Gasteiger partial charge in [-0.1, -0.05) is 124 Å². The molecule has 1 unspecified atom stereocenters. The molecule has 8 nitrogen and oxygen atoms in total. The minimum Gasteiger partial charge on any atom is -0.494 e. The number of rotatable bonds is 19. The van der Waals surface area contributed by atoms with Crippen molar-refractivity contribution in [2.45, 2.75) is 139 Å². The summed E-state index contributed by atoms with van der Waals surface area (Å²) in [4.78, 5) is 2.54. The number of nitrogens with zero attached hydrogens (tertiary/aromatic N) is 2. The number of benzene rings is 2. The van der Waals surface area contributed by atoms with Gasteiger partial charge in [0.2, 0.25) is 0 Å². The van der Waals surface area contributed by atoms with E-state index in [0.29, 0.717) is 18.8 Å². The second-order valence-electron chi connectivity index (χ2n) is 13.3. The van der Waals surface area contributed by atoms with E-state index in [2.05, 4.69) is 56.1 Å². The van der Waals surface area contributed by atoms with Gasteiger partial charge in [-0.3, -0.25) is 0 Å². The van der Waals surface area contributed by atoms with Crippen molar-refractivity contribution in [1.29, 1.82) is 0 Å². The Morgan fingerprint density at radius 3 is 1.88 bits per heavy atom. The van der Waals surface area contributed by atoms with Crippen molar-refractivity contribution in [2.24, 2.45) is 22.5 Å². The Kier molecular flexibility index (Phi) is 36.3. The fourth-order valence-corrected chi connectivity index (χ4v) is 5.64. The standard InChI is InChI=1S/C28H42N4O3.C12H16O.C3H8.3C2H6/c1-2-5-27(29)23-7-11-25(12-8-23)34-20-3-6-22-15-18-32(19-16-22)17-4-21-35-26-13-9-24(10-14-26)28(30)31-33;1-4-6-11(5-2)9-13-10(3)12-7-8-12;1-3-2;3*1-2/h7-14,22,27,33H,2-6,15-21,29H2,1H3,(H2,30,31);4-6H,1-2,7-9H2,3H3;3H2,1-2H3;3*1-2H3/b;11-6+;;;;. The molecule has 2 aromatic rings. The lowest BCUT2D eigenvalue weighted by Crippen LogP contribution is -2.35. The molecule has 0 amide bonds. The first-order chi connectivity index (χ1) is 27.8. The van der Waals surface area contributed by atoms with Crippen LogP contribution in [0.3, 0.4) is 0 Å². The van der Waals surface area contributed by atoms with E-state index in [9.17, 15) is 0 Å². The van der Waals surface area contributed by atoms with E-state index in [1.807, 2.05) is 78.8 Å². The molecule has 1 aliphatic carbocycles. The fraction of sp³-hybridized carbons (Fsp3) is 0.571. The maximum Gasteiger partial charge on any atom is 0.170 e. The van der Waals surface area contributed by atoms with Gasteiger partial charge in [0.1, 0.15) is 18.1 Å². The minimum absolute atomic E-state index is 0.102. The van der Waals surface area contributed by atoms with Crippen LogP contribution in [-0.4, -0.2) is 55.4 Å². The van der Waals surface area contributed by atoms with E-state index in [-0.39, 0.29) is 11.9 Å². The molecule has 4 rings (SSSR count). The van der Waals surface area contributed by atoms with Crippen LogP contribution in [0.2, 0.25) is 0 Å². The summed E-state index contributed by atoms with van der Waals surface area (Å²) in [6.07, 6.45) is 17.1. The van der Waals surface area contributed by atoms with Gasteiger partial charge in [0.25, 0.3) is 0 Å². The normalized spacial score (nSPS) is 14.1. The number of oxime groups is 1. The number of likely N-dealkylation sites (tertiary alicyclic amines) is 1. The lowest BCUT2D eigenvalue weighted by molar-refractivity contribution is 0.161. The molecule has 5 N–H and O–H groups in total. The SMILES string of the molecule is C=C/C=C(\C=C)COC(C)=C1CC1.CC.CC.CC.CCC.CCCC(N)c1ccc(OCCCC2CCN(CCCOc3ccc(/C(N)=N/O)cc3)CC2)cc1. The van der Waals surface area contributed by atoms with Crippen molar-refractivity contribution in [3.8, 4) is 11.5 Å². The van der Waals surface area contributed by atoms with Crippen molar-refractivity contribution >= 4 is 5.84 Å². The van der Waals surface area contributed by atoms with Crippen molar-refractivity contribution in [2.75, 3.05) is 39.5 Å². The van der Waals surface area contributed by atoms with Gasteiger partial charge in [0.05, 0.1) is 19.0 Å². The third-order valence-corrected chi connectivity index (χ3v) is 8.83. The van der Waals surface area contributed by atoms with Crippen LogP contribution >= 0.6 is 0 Å². The summed E-state index contributed by atoms with van der Waals surface area (Å²) in [5, 5.41) is 11.7. The van der Waals surface area contributed by atoms with Crippen LogP contribution in [0.5, 0.6) is 11.5 Å². The third kappa shape index (κ3) is 26.5. The molecule has 1 atom stereocenters. The number of amidine groups is 1. The summed E-state index contributed by atoms with van der Waals surface area (Å²) in [5.74, 6) is 3.72. The van der Waals surface area contributed by atoms with Gasteiger partial charge >= 0.3 is 0 Å². The van der Waals surface area contributed by atoms with Crippen LogP contribution in [0.1, 0.15) is 151 Å². The average Bonchev–Trinajstić information content (AvgIpc) is 4.12. The number of allylic oxidation sites excluding steroid dienone is 4. The monoisotopic (exact) mass is 793 g/mol. The van der Waals surface area contributed by atoms with Gasteiger partial charge in [-0.2, -0.15) is 0 Å². The Morgan fingerprint density at radius 1 is 0.877 bits per heavy atom. The molecule has 1 saturated heterocycles. The summed E-state index contributed by atoms with van der Waals surface area (Å²) >= 11 is 0. The first-order valence-corrected chi connectivity index (χ1v) is 21.9. The van der Waals surface area contributed by atoms with Gasteiger partial charge in [-0.05, 0) is 130 Å². The molecule has 1 saturated carbocycles. The van der Waals surface area contributed by atoms with Crippen LogP contribution in [0, 0.1) is 5.92 Å². The van der Waals surface area contributed by atoms with Crippen LogP contribution in [0.25, 0.3) is 0 Å². The summed E-state index contributed by atoms with van der Waals surface area (Å²) in [7, 11) is 0. The van der Waals surface area contributed by atoms with E-state index in [1.165, 1.54) is 62.8 Å². The molecule has 8 heteroatoms. The highest BCUT2D eigenvalue weighted by atomic mass is 16.5. The van der Waals surface area contributed by atoms with Gasteiger partial charge in [0.15, 0.2) is 5.84 Å². The van der Waals surface area contributed by atoms with Crippen molar-refractivity contribution in [3.05, 3.63) is 108 Å². The van der Waals surface area contributed by atoms with Gasteiger partial charge in [-0.15, -0.1) is 0 Å². The first kappa shape index (κ1) is 55.1. The van der Waals surface area contributed by atoms with E-state index >= 15 is 0 Å². The molecule has 1 aliphatic heterocycles. The Balaban J connectivity index is 0. The molecule has 324 valence electrons. The van der Waals surface area contributed by atoms with E-state index < -0.39 is 0 Å². The quantitative estimate of drug-likeness (QED) is 0.0247. The Bertz CT molecular complexity index is 1340. The highest BCUT2D eigenvalue weighted by Crippen LogP contribution is 2.32. The van der Waals surface area contributed by atoms with Crippen LogP contribution in [0.15, 0.2) is 102 Å². The second-order valence-corrected chi connectivity index (χ2v) is 13.3. The molecule has 0 bridgehead atoms. The zero-order chi connectivity index (χ0) is 43.3. The largest absolute Gasteiger partial charge is 0.494 e. The van der Waals surface area contributed by atoms with Crippen molar-refractivity contribution in [3.63, 3.8) is 0 Å². The second kappa shape index (κ2) is 37.6. The third-order valence-electron chi connectivity index (χ3n) is 8.83. The maximum absolute atomic E-state index is 8.72. The maximum atomic E-state index is 8.72. The van der Waals surface area contributed by atoms with E-state index in [4.69, 9.17) is 30.9 Å². The molecule has 1 heterocycles. The van der Waals surface area contributed by atoms with Crippen LogP contribution < -0.4 is 20.9 Å². The molecular formula is C49H84N4O4. The van der Waals surface area contributed by atoms with Crippen molar-refractivity contribution < 1.29 is 19.4 Å². The Morgan fingerprint density at radius 2 is 1.40 bits per heavy atom. The molecule has 2 fully saturated rings. The molecule has 2 aliphatic rings. The summed E-state index contributed by atoms with van der Waals surface area (Å²) in [6, 6.07) is 15.7. The number of piperidine rings is 1. The van der Waals surface area contributed by atoms with E-state index in [0.717, 1.165) is 67.6 Å². The lowest BCUT2D eigenvalue weighted by atomic mass is 9.92. The number of ether oxygens (including phenoxy) is 3. The topological polar surface area (TPSA) is 116 Å². The molecular weight excluding hydrogens is 709 g/mol. The summed E-state index contributed by atoms with van der Waals surface area (Å²) in [6.45, 7) is 33.2. The lowest BCUT2D eigenvalue weighted by Gasteiger charge is -2.32. The molecule has 0 aromatic heterocycles. The number of hydrogen-bond donors (Lipinski definition) is 3. The Hall–Kier alpha value is -4.01. The molecule has 0 radical (unpaired) electrons. The first-order valence-electron chi connectivity index (χ1n) is 21.9. The van der Waals surface area contributed by atoms with Gasteiger partial charge < -0.3 is 35.8 Å². The zero-order valence-corrected chi connectivity index (χ0v) is 38.0. The minimum atomic E-state index is 0.102. The van der Waals surface area contributed by atoms with Crippen LogP contribution in [0.4, 0.5) is 0 Å². The molecule has 0 spiro atoms. The predicted molar refractivity (Wildman–Crippen MR) is 248 cm³/mol. The average molecular weight is 793 g/mol. The highest BCUT2D eigenvalue weighted by Gasteiger charge is 2.19. The number of hydrogen-bond acceptors (Lipinski definition) is 7. The van der Waals surface area contributed by atoms with E-state index in [1.54, 1.807) is 24.3 Å². The smallest absolute Gasteiger partial charge is 0.170 e. The molecule has 57 heavy (non-hydrogen) atoms. The highest BCUT2D eigenvalue weighted by molar-refractivity contribution is 5.97. The van der Waals surface area contributed by atoms with Crippen LogP contribution in [-0.2, 0) is 4.74 Å². The van der Waals surface area contributed by atoms with Gasteiger partial charge in [-0.25, -0.2) is 0 Å². The Labute approximate surface area is 350 Å². The fourth-order valence-electron chi connectivity index (χ4n) is 5.64.